The molecule has 2 aromatic carbocycles. The van der Waals surface area contributed by atoms with Gasteiger partial charge in [-0.3, -0.25) is 4.79 Å². The summed E-state index contributed by atoms with van der Waals surface area (Å²) in [5.41, 5.74) is 1.90. The van der Waals surface area contributed by atoms with Crippen molar-refractivity contribution in [2.75, 3.05) is 18.2 Å². The second-order valence-electron chi connectivity index (χ2n) is 6.64. The number of aromatic nitrogens is 2. The summed E-state index contributed by atoms with van der Waals surface area (Å²) >= 11 is 0. The Morgan fingerprint density at radius 1 is 1.04 bits per heavy atom. The molecular formula is C20H17N3O4. The third kappa shape index (κ3) is 3.01. The maximum atomic E-state index is 12.4. The fraction of sp³-hybridized carbons (Fsp3) is 0.250. The first kappa shape index (κ1) is 15.9. The quantitative estimate of drug-likeness (QED) is 0.709. The van der Waals surface area contributed by atoms with E-state index in [-0.39, 0.29) is 18.6 Å². The van der Waals surface area contributed by atoms with E-state index in [1.807, 2.05) is 48.5 Å². The number of hydrogen-bond acceptors (Lipinski definition) is 6. The molecule has 0 bridgehead atoms. The van der Waals surface area contributed by atoms with E-state index in [1.165, 1.54) is 0 Å². The predicted molar refractivity (Wildman–Crippen MR) is 95.8 cm³/mol. The summed E-state index contributed by atoms with van der Waals surface area (Å²) < 4.78 is 16.6. The Hall–Kier alpha value is -3.35. The average molecular weight is 363 g/mol. The number of para-hydroxylation sites is 1. The van der Waals surface area contributed by atoms with Crippen molar-refractivity contribution >= 4 is 11.6 Å². The fourth-order valence-electron chi connectivity index (χ4n) is 3.46. The Morgan fingerprint density at radius 3 is 2.78 bits per heavy atom. The molecular weight excluding hydrogens is 346 g/mol. The van der Waals surface area contributed by atoms with Gasteiger partial charge in [0.1, 0.15) is 0 Å². The Bertz CT molecular complexity index is 986. The number of hydrogen-bond donors (Lipinski definition) is 0. The SMILES string of the molecule is O=C1C[C@H](c2nnc(Cc3ccc4c(c3)OCO4)o2)CN1c1ccccc1. The van der Waals surface area contributed by atoms with Gasteiger partial charge < -0.3 is 18.8 Å². The second-order valence-corrected chi connectivity index (χ2v) is 6.64. The van der Waals surface area contributed by atoms with E-state index in [1.54, 1.807) is 4.90 Å². The molecule has 1 aromatic heterocycles. The molecule has 3 heterocycles. The highest BCUT2D eigenvalue weighted by Gasteiger charge is 2.34. The van der Waals surface area contributed by atoms with Crippen molar-refractivity contribution in [1.29, 1.82) is 0 Å². The first-order valence-corrected chi connectivity index (χ1v) is 8.82. The topological polar surface area (TPSA) is 77.7 Å². The van der Waals surface area contributed by atoms with E-state index < -0.39 is 0 Å². The van der Waals surface area contributed by atoms with Crippen LogP contribution in [0.25, 0.3) is 0 Å². The lowest BCUT2D eigenvalue weighted by molar-refractivity contribution is -0.117. The van der Waals surface area contributed by atoms with E-state index in [0.29, 0.717) is 31.2 Å². The zero-order valence-corrected chi connectivity index (χ0v) is 14.5. The normalized spacial score (nSPS) is 18.3. The van der Waals surface area contributed by atoms with Gasteiger partial charge in [0, 0.05) is 18.7 Å². The molecule has 1 amide bonds. The van der Waals surface area contributed by atoms with E-state index in [9.17, 15) is 4.79 Å². The maximum absolute atomic E-state index is 12.4. The van der Waals surface area contributed by atoms with Gasteiger partial charge in [-0.2, -0.15) is 0 Å². The molecule has 2 aliphatic heterocycles. The largest absolute Gasteiger partial charge is 0.454 e. The van der Waals surface area contributed by atoms with Gasteiger partial charge in [0.2, 0.25) is 24.5 Å². The molecule has 7 heteroatoms. The molecule has 0 spiro atoms. The number of nitrogens with zero attached hydrogens (tertiary/aromatic N) is 3. The number of benzene rings is 2. The minimum absolute atomic E-state index is 0.0710. The highest BCUT2D eigenvalue weighted by Crippen LogP contribution is 2.34. The van der Waals surface area contributed by atoms with Gasteiger partial charge in [0.05, 0.1) is 12.3 Å². The first-order valence-electron chi connectivity index (χ1n) is 8.82. The highest BCUT2D eigenvalue weighted by atomic mass is 16.7. The van der Waals surface area contributed by atoms with Crippen LogP contribution >= 0.6 is 0 Å². The molecule has 5 rings (SSSR count). The molecule has 27 heavy (non-hydrogen) atoms. The summed E-state index contributed by atoms with van der Waals surface area (Å²) in [5.74, 6) is 2.49. The Kier molecular flexibility index (Phi) is 3.78. The maximum Gasteiger partial charge on any atom is 0.231 e. The van der Waals surface area contributed by atoms with Crippen molar-refractivity contribution in [2.45, 2.75) is 18.8 Å². The van der Waals surface area contributed by atoms with Crippen molar-refractivity contribution in [2.24, 2.45) is 0 Å². The van der Waals surface area contributed by atoms with Gasteiger partial charge in [0.15, 0.2) is 11.5 Å². The van der Waals surface area contributed by atoms with Crippen molar-refractivity contribution in [3.8, 4) is 11.5 Å². The first-order chi connectivity index (χ1) is 13.3. The molecule has 2 aliphatic rings. The number of fused-ring (bicyclic) bond motifs is 1. The van der Waals surface area contributed by atoms with Gasteiger partial charge in [0.25, 0.3) is 0 Å². The van der Waals surface area contributed by atoms with Gasteiger partial charge in [-0.1, -0.05) is 24.3 Å². The summed E-state index contributed by atoms with van der Waals surface area (Å²) in [6, 6.07) is 15.4. The molecule has 136 valence electrons. The molecule has 1 fully saturated rings. The van der Waals surface area contributed by atoms with Crippen LogP contribution in [0.4, 0.5) is 5.69 Å². The van der Waals surface area contributed by atoms with Crippen molar-refractivity contribution < 1.29 is 18.7 Å². The molecule has 0 unspecified atom stereocenters. The van der Waals surface area contributed by atoms with Crippen LogP contribution in [-0.4, -0.2) is 29.4 Å². The minimum atomic E-state index is -0.0873. The van der Waals surface area contributed by atoms with E-state index in [4.69, 9.17) is 13.9 Å². The Morgan fingerprint density at radius 2 is 1.89 bits per heavy atom. The molecule has 0 aliphatic carbocycles. The zero-order valence-electron chi connectivity index (χ0n) is 14.5. The van der Waals surface area contributed by atoms with Crippen LogP contribution in [0.1, 0.15) is 29.7 Å². The lowest BCUT2D eigenvalue weighted by Gasteiger charge is -2.15. The molecule has 0 radical (unpaired) electrons. The van der Waals surface area contributed by atoms with E-state index in [2.05, 4.69) is 10.2 Å². The summed E-state index contributed by atoms with van der Waals surface area (Å²) in [6.07, 6.45) is 0.882. The van der Waals surface area contributed by atoms with Crippen LogP contribution in [0, 0.1) is 0 Å². The highest BCUT2D eigenvalue weighted by molar-refractivity contribution is 5.96. The average Bonchev–Trinajstić information content (AvgIpc) is 3.41. The van der Waals surface area contributed by atoms with Crippen LogP contribution in [0.3, 0.4) is 0 Å². The summed E-state index contributed by atoms with van der Waals surface area (Å²) in [4.78, 5) is 14.1. The van der Waals surface area contributed by atoms with Gasteiger partial charge >= 0.3 is 0 Å². The number of carbonyl (C=O) groups excluding carboxylic acids is 1. The number of anilines is 1. The Labute approximate surface area is 155 Å². The third-order valence-corrected chi connectivity index (χ3v) is 4.82. The number of amides is 1. The minimum Gasteiger partial charge on any atom is -0.454 e. The lowest BCUT2D eigenvalue weighted by atomic mass is 10.1. The smallest absolute Gasteiger partial charge is 0.231 e. The number of ether oxygens (including phenoxy) is 2. The van der Waals surface area contributed by atoms with E-state index in [0.717, 1.165) is 22.7 Å². The molecule has 1 saturated heterocycles. The summed E-state index contributed by atoms with van der Waals surface area (Å²) in [6.45, 7) is 0.797. The van der Waals surface area contributed by atoms with Crippen molar-refractivity contribution in [1.82, 2.24) is 10.2 Å². The Balaban J connectivity index is 1.30. The molecule has 7 nitrogen and oxygen atoms in total. The monoisotopic (exact) mass is 363 g/mol. The molecule has 1 atom stereocenters. The van der Waals surface area contributed by atoms with Gasteiger partial charge in [-0.05, 0) is 29.8 Å². The van der Waals surface area contributed by atoms with Crippen LogP contribution < -0.4 is 14.4 Å². The van der Waals surface area contributed by atoms with Gasteiger partial charge in [-0.25, -0.2) is 0 Å². The number of rotatable bonds is 4. The lowest BCUT2D eigenvalue weighted by Crippen LogP contribution is -2.24. The van der Waals surface area contributed by atoms with Crippen LogP contribution in [0.15, 0.2) is 52.9 Å². The number of carbonyl (C=O) groups is 1. The van der Waals surface area contributed by atoms with Gasteiger partial charge in [-0.15, -0.1) is 10.2 Å². The van der Waals surface area contributed by atoms with Crippen LogP contribution in [0.2, 0.25) is 0 Å². The van der Waals surface area contributed by atoms with Crippen LogP contribution in [0.5, 0.6) is 11.5 Å². The zero-order chi connectivity index (χ0) is 18.2. The van der Waals surface area contributed by atoms with Crippen molar-refractivity contribution in [3.05, 3.63) is 65.9 Å². The summed E-state index contributed by atoms with van der Waals surface area (Å²) in [7, 11) is 0. The molecule has 0 N–H and O–H groups in total. The predicted octanol–water partition coefficient (Wildman–Crippen LogP) is 2.91. The molecule has 0 saturated carbocycles. The standard InChI is InChI=1S/C20H17N3O4/c24-19-10-14(11-23(19)15-4-2-1-3-5-15)20-22-21-18(27-20)9-13-6-7-16-17(8-13)26-12-25-16/h1-8,14H,9-12H2/t14-/m0/s1. The van der Waals surface area contributed by atoms with E-state index >= 15 is 0 Å². The second kappa shape index (κ2) is 6.42. The summed E-state index contributed by atoms with van der Waals surface area (Å²) in [5, 5.41) is 8.33. The molecule has 3 aromatic rings. The fourth-order valence-corrected chi connectivity index (χ4v) is 3.46. The van der Waals surface area contributed by atoms with Crippen molar-refractivity contribution in [3.63, 3.8) is 0 Å². The van der Waals surface area contributed by atoms with Crippen LogP contribution in [-0.2, 0) is 11.2 Å². The third-order valence-electron chi connectivity index (χ3n) is 4.82.